The maximum Gasteiger partial charge on any atom is 0.255 e. The molecule has 2 N–H and O–H groups in total. The Labute approximate surface area is 112 Å². The zero-order chi connectivity index (χ0) is 13.1. The Morgan fingerprint density at radius 3 is 2.61 bits per heavy atom. The molecule has 1 aliphatic heterocycles. The Morgan fingerprint density at radius 2 is 2.00 bits per heavy atom. The molecule has 0 saturated carbocycles. The fourth-order valence-electron chi connectivity index (χ4n) is 2.04. The molecule has 1 aromatic carbocycles. The van der Waals surface area contributed by atoms with E-state index < -0.39 is 0 Å². The number of carbonyl (C=O) groups is 1. The molecule has 0 bridgehead atoms. The van der Waals surface area contributed by atoms with Crippen LogP contribution in [0.3, 0.4) is 0 Å². The molecule has 1 aromatic rings. The number of anilines is 2. The predicted octanol–water partition coefficient (Wildman–Crippen LogP) is 1.52. The molecule has 0 atom stereocenters. The molecule has 4 nitrogen and oxygen atoms in total. The van der Waals surface area contributed by atoms with Crippen molar-refractivity contribution in [2.75, 3.05) is 49.3 Å². The summed E-state index contributed by atoms with van der Waals surface area (Å²) >= 11 is 1.95. The fraction of sp³-hybridized carbons (Fsp3) is 0.462. The quantitative estimate of drug-likeness (QED) is 0.824. The molecule has 0 spiro atoms. The molecule has 1 aliphatic rings. The molecule has 0 aliphatic carbocycles. The topological polar surface area (TPSA) is 49.6 Å². The second kappa shape index (κ2) is 5.52. The highest BCUT2D eigenvalue weighted by molar-refractivity contribution is 7.99. The number of hydrogen-bond donors (Lipinski definition) is 1. The molecule has 0 unspecified atom stereocenters. The van der Waals surface area contributed by atoms with Gasteiger partial charge in [0.15, 0.2) is 0 Å². The number of benzene rings is 1. The smallest absolute Gasteiger partial charge is 0.255 e. The van der Waals surface area contributed by atoms with Gasteiger partial charge in [-0.2, -0.15) is 11.8 Å². The van der Waals surface area contributed by atoms with Crippen LogP contribution in [0.25, 0.3) is 0 Å². The summed E-state index contributed by atoms with van der Waals surface area (Å²) in [6, 6.07) is 5.53. The highest BCUT2D eigenvalue weighted by atomic mass is 32.2. The normalized spacial score (nSPS) is 15.6. The average Bonchev–Trinajstić information content (AvgIpc) is 2.39. The van der Waals surface area contributed by atoms with Crippen LogP contribution in [-0.2, 0) is 0 Å². The molecule has 0 aromatic heterocycles. The van der Waals surface area contributed by atoms with Gasteiger partial charge in [0.25, 0.3) is 5.91 Å². The summed E-state index contributed by atoms with van der Waals surface area (Å²) in [5.41, 5.74) is 8.26. The van der Waals surface area contributed by atoms with Crippen LogP contribution in [0, 0.1) is 0 Å². The first-order valence-corrected chi connectivity index (χ1v) is 7.19. The lowest BCUT2D eigenvalue weighted by molar-refractivity contribution is 0.0828. The van der Waals surface area contributed by atoms with Crippen molar-refractivity contribution >= 4 is 29.0 Å². The van der Waals surface area contributed by atoms with Crippen molar-refractivity contribution in [3.05, 3.63) is 23.8 Å². The third kappa shape index (κ3) is 2.72. The molecule has 0 radical (unpaired) electrons. The van der Waals surface area contributed by atoms with Crippen LogP contribution in [0.4, 0.5) is 11.4 Å². The first-order valence-electron chi connectivity index (χ1n) is 6.03. The van der Waals surface area contributed by atoms with Gasteiger partial charge in [0.05, 0.1) is 11.3 Å². The van der Waals surface area contributed by atoms with E-state index in [0.717, 1.165) is 35.8 Å². The van der Waals surface area contributed by atoms with Crippen molar-refractivity contribution < 1.29 is 4.79 Å². The lowest BCUT2D eigenvalue weighted by Crippen LogP contribution is -2.34. The summed E-state index contributed by atoms with van der Waals surface area (Å²) in [7, 11) is 3.54. The molecular formula is C13H19N3OS. The van der Waals surface area contributed by atoms with Crippen LogP contribution in [-0.4, -0.2) is 49.5 Å². The maximum absolute atomic E-state index is 12.2. The fourth-order valence-corrected chi connectivity index (χ4v) is 2.94. The van der Waals surface area contributed by atoms with E-state index in [1.165, 1.54) is 0 Å². The van der Waals surface area contributed by atoms with Gasteiger partial charge < -0.3 is 15.5 Å². The molecule has 1 amide bonds. The number of nitrogen functional groups attached to an aromatic ring is 1. The largest absolute Gasteiger partial charge is 0.399 e. The van der Waals surface area contributed by atoms with Gasteiger partial charge in [-0.05, 0) is 18.2 Å². The molecule has 2 rings (SSSR count). The van der Waals surface area contributed by atoms with Crippen molar-refractivity contribution in [3.63, 3.8) is 0 Å². The Hall–Kier alpha value is -1.36. The summed E-state index contributed by atoms with van der Waals surface area (Å²) in [5.74, 6) is 2.23. The summed E-state index contributed by atoms with van der Waals surface area (Å²) in [4.78, 5) is 16.0. The number of hydrogen-bond acceptors (Lipinski definition) is 4. The van der Waals surface area contributed by atoms with Gasteiger partial charge in [0, 0.05) is 44.4 Å². The summed E-state index contributed by atoms with van der Waals surface area (Å²) in [5, 5.41) is 0. The molecule has 18 heavy (non-hydrogen) atoms. The second-order valence-corrected chi connectivity index (χ2v) is 5.80. The monoisotopic (exact) mass is 265 g/mol. The summed E-state index contributed by atoms with van der Waals surface area (Å²) < 4.78 is 0. The number of nitrogens with zero attached hydrogens (tertiary/aromatic N) is 2. The highest BCUT2D eigenvalue weighted by Crippen LogP contribution is 2.27. The van der Waals surface area contributed by atoms with Gasteiger partial charge in [-0.25, -0.2) is 0 Å². The molecule has 98 valence electrons. The van der Waals surface area contributed by atoms with E-state index in [4.69, 9.17) is 5.73 Å². The first kappa shape index (κ1) is 13.1. The van der Waals surface area contributed by atoms with Gasteiger partial charge in [0.1, 0.15) is 0 Å². The average molecular weight is 265 g/mol. The lowest BCUT2D eigenvalue weighted by Gasteiger charge is -2.30. The van der Waals surface area contributed by atoms with Gasteiger partial charge >= 0.3 is 0 Å². The minimum absolute atomic E-state index is 0.0308. The van der Waals surface area contributed by atoms with Gasteiger partial charge in [-0.15, -0.1) is 0 Å². The second-order valence-electron chi connectivity index (χ2n) is 4.58. The van der Waals surface area contributed by atoms with Gasteiger partial charge in [-0.1, -0.05) is 0 Å². The number of carbonyl (C=O) groups excluding carboxylic acids is 1. The van der Waals surface area contributed by atoms with Crippen molar-refractivity contribution in [2.45, 2.75) is 0 Å². The SMILES string of the molecule is CN(C)C(=O)c1ccc(N)cc1N1CCSCC1. The third-order valence-electron chi connectivity index (χ3n) is 3.01. The van der Waals surface area contributed by atoms with E-state index >= 15 is 0 Å². The highest BCUT2D eigenvalue weighted by Gasteiger charge is 2.19. The summed E-state index contributed by atoms with van der Waals surface area (Å²) in [6.45, 7) is 1.95. The lowest BCUT2D eigenvalue weighted by atomic mass is 10.1. The van der Waals surface area contributed by atoms with Crippen molar-refractivity contribution in [3.8, 4) is 0 Å². The summed E-state index contributed by atoms with van der Waals surface area (Å²) in [6.07, 6.45) is 0. The Bertz CT molecular complexity index is 442. The van der Waals surface area contributed by atoms with E-state index in [9.17, 15) is 4.79 Å². The molecule has 5 heteroatoms. The van der Waals surface area contributed by atoms with Crippen LogP contribution in [0.1, 0.15) is 10.4 Å². The third-order valence-corrected chi connectivity index (χ3v) is 3.95. The number of nitrogens with two attached hydrogens (primary N) is 1. The van der Waals surface area contributed by atoms with Gasteiger partial charge in [0.2, 0.25) is 0 Å². The van der Waals surface area contributed by atoms with Crippen molar-refractivity contribution in [2.24, 2.45) is 0 Å². The van der Waals surface area contributed by atoms with Crippen molar-refractivity contribution in [1.29, 1.82) is 0 Å². The van der Waals surface area contributed by atoms with E-state index in [2.05, 4.69) is 4.90 Å². The standard InChI is InChI=1S/C13H19N3OS/c1-15(2)13(17)11-4-3-10(14)9-12(11)16-5-7-18-8-6-16/h3-4,9H,5-8,14H2,1-2H3. The predicted molar refractivity (Wildman–Crippen MR) is 78.4 cm³/mol. The van der Waals surface area contributed by atoms with E-state index in [1.807, 2.05) is 23.9 Å². The maximum atomic E-state index is 12.2. The number of rotatable bonds is 2. The first-order chi connectivity index (χ1) is 8.59. The Balaban J connectivity index is 2.36. The van der Waals surface area contributed by atoms with Crippen LogP contribution in [0.15, 0.2) is 18.2 Å². The van der Waals surface area contributed by atoms with Crippen LogP contribution in [0.5, 0.6) is 0 Å². The molecule has 1 saturated heterocycles. The van der Waals surface area contributed by atoms with E-state index in [-0.39, 0.29) is 5.91 Å². The number of amides is 1. The molecule has 1 heterocycles. The minimum atomic E-state index is 0.0308. The van der Waals surface area contributed by atoms with Crippen LogP contribution >= 0.6 is 11.8 Å². The van der Waals surface area contributed by atoms with Crippen LogP contribution in [0.2, 0.25) is 0 Å². The zero-order valence-corrected chi connectivity index (χ0v) is 11.7. The van der Waals surface area contributed by atoms with Crippen LogP contribution < -0.4 is 10.6 Å². The van der Waals surface area contributed by atoms with E-state index in [1.54, 1.807) is 25.1 Å². The van der Waals surface area contributed by atoms with Gasteiger partial charge in [-0.3, -0.25) is 4.79 Å². The zero-order valence-electron chi connectivity index (χ0n) is 10.8. The molecular weight excluding hydrogens is 246 g/mol. The van der Waals surface area contributed by atoms with Crippen molar-refractivity contribution in [1.82, 2.24) is 4.90 Å². The Kier molecular flexibility index (Phi) is 4.01. The minimum Gasteiger partial charge on any atom is -0.399 e. The number of thioether (sulfide) groups is 1. The Morgan fingerprint density at radius 1 is 1.33 bits per heavy atom. The van der Waals surface area contributed by atoms with E-state index in [0.29, 0.717) is 5.69 Å². The molecule has 1 fully saturated rings.